The van der Waals surface area contributed by atoms with Gasteiger partial charge in [-0.05, 0) is 72.6 Å². The summed E-state index contributed by atoms with van der Waals surface area (Å²) in [6.07, 6.45) is 2.14. The summed E-state index contributed by atoms with van der Waals surface area (Å²) < 4.78 is 73.1. The third-order valence-corrected chi connectivity index (χ3v) is 17.3. The first kappa shape index (κ1) is 49.8. The molecule has 24 unspecified atom stereocenters. The topological polar surface area (TPSA) is 179 Å². The molecule has 7 aliphatic heterocycles. The van der Waals surface area contributed by atoms with Gasteiger partial charge in [0.05, 0.1) is 72.2 Å². The molecule has 0 aromatic carbocycles. The summed E-state index contributed by atoms with van der Waals surface area (Å²) in [5.74, 6) is -7.38. The summed E-state index contributed by atoms with van der Waals surface area (Å²) >= 11 is 0. The Kier molecular flexibility index (Phi) is 14.6. The lowest BCUT2D eigenvalue weighted by molar-refractivity contribution is -0.367. The number of rotatable bonds is 12. The summed E-state index contributed by atoms with van der Waals surface area (Å²) in [6.45, 7) is 21.8. The Morgan fingerprint density at radius 1 is 0.746 bits per heavy atom. The normalized spacial score (nSPS) is 54.7. The van der Waals surface area contributed by atoms with Gasteiger partial charge in [-0.15, -0.1) is 0 Å². The van der Waals surface area contributed by atoms with Gasteiger partial charge in [-0.25, -0.2) is 0 Å². The number of hydrogen-bond donors (Lipinski definition) is 3. The molecule has 0 saturated carbocycles. The Balaban J connectivity index is 1.14. The first-order chi connectivity index (χ1) is 29.5. The highest BCUT2D eigenvalue weighted by atomic mass is 16.7. The molecule has 0 aliphatic carbocycles. The van der Waals surface area contributed by atoms with Crippen LogP contribution in [0.1, 0.15) is 134 Å². The van der Waals surface area contributed by atoms with Crippen LogP contribution in [0.3, 0.4) is 0 Å². The fraction of sp³-hybridized carbons (Fsp3) is 0.979. The van der Waals surface area contributed by atoms with E-state index in [4.69, 9.17) is 52.1 Å². The third-order valence-electron chi connectivity index (χ3n) is 17.3. The molecule has 0 aromatic rings. The molecule has 7 heterocycles. The van der Waals surface area contributed by atoms with Crippen LogP contribution in [0, 0.1) is 41.4 Å². The quantitative estimate of drug-likeness (QED) is 0.201. The minimum Gasteiger partial charge on any atom is -0.481 e. The van der Waals surface area contributed by atoms with E-state index in [-0.39, 0.29) is 66.2 Å². The van der Waals surface area contributed by atoms with Crippen molar-refractivity contribution in [1.82, 2.24) is 0 Å². The summed E-state index contributed by atoms with van der Waals surface area (Å²) in [7, 11) is 5.03. The molecule has 0 bridgehead atoms. The van der Waals surface area contributed by atoms with Crippen LogP contribution in [0.2, 0.25) is 0 Å². The third kappa shape index (κ3) is 9.05. The van der Waals surface area contributed by atoms with Crippen molar-refractivity contribution in [2.75, 3.05) is 21.3 Å². The summed E-state index contributed by atoms with van der Waals surface area (Å²) in [5.41, 5.74) is -1.61. The molecule has 24 atom stereocenters. The van der Waals surface area contributed by atoms with Gasteiger partial charge < -0.3 is 67.4 Å². The van der Waals surface area contributed by atoms with E-state index in [0.717, 1.165) is 25.7 Å². The van der Waals surface area contributed by atoms with Gasteiger partial charge in [-0.3, -0.25) is 4.79 Å². The highest BCUT2D eigenvalue weighted by molar-refractivity contribution is 5.70. The van der Waals surface area contributed by atoms with Gasteiger partial charge in [0.2, 0.25) is 0 Å². The molecule has 7 saturated heterocycles. The first-order valence-corrected chi connectivity index (χ1v) is 24.1. The predicted octanol–water partition coefficient (Wildman–Crippen LogP) is 6.21. The van der Waals surface area contributed by atoms with Crippen LogP contribution in [0.4, 0.5) is 0 Å². The second kappa shape index (κ2) is 18.5. The lowest BCUT2D eigenvalue weighted by Gasteiger charge is -2.53. The Morgan fingerprint density at radius 3 is 2.08 bits per heavy atom. The van der Waals surface area contributed by atoms with Crippen LogP contribution in [-0.4, -0.2) is 145 Å². The van der Waals surface area contributed by atoms with Gasteiger partial charge in [-0.2, -0.15) is 0 Å². The Morgan fingerprint density at radius 2 is 1.44 bits per heavy atom. The van der Waals surface area contributed by atoms with Gasteiger partial charge in [-0.1, -0.05) is 41.5 Å². The monoisotopic (exact) mass is 899 g/mol. The summed E-state index contributed by atoms with van der Waals surface area (Å²) in [5, 5.41) is 33.0. The molecule has 0 radical (unpaired) electrons. The van der Waals surface area contributed by atoms with Crippen molar-refractivity contribution in [2.45, 2.75) is 236 Å². The average Bonchev–Trinajstić information content (AvgIpc) is 3.92. The zero-order valence-corrected chi connectivity index (χ0v) is 40.6. The van der Waals surface area contributed by atoms with Crippen LogP contribution in [0.15, 0.2) is 0 Å². The maximum atomic E-state index is 12.2. The second-order valence-electron chi connectivity index (χ2n) is 21.7. The Hall–Kier alpha value is -1.05. The fourth-order valence-electron chi connectivity index (χ4n) is 13.2. The highest BCUT2D eigenvalue weighted by Gasteiger charge is 2.67. The van der Waals surface area contributed by atoms with E-state index >= 15 is 0 Å². The van der Waals surface area contributed by atoms with E-state index < -0.39 is 83.2 Å². The number of aliphatic carboxylic acids is 1. The van der Waals surface area contributed by atoms with E-state index in [1.54, 1.807) is 35.2 Å². The Labute approximate surface area is 376 Å². The minimum atomic E-state index is -1.95. The average molecular weight is 899 g/mol. The van der Waals surface area contributed by atoms with Gasteiger partial charge in [0.25, 0.3) is 0 Å². The maximum absolute atomic E-state index is 12.2. The van der Waals surface area contributed by atoms with Crippen molar-refractivity contribution in [3.8, 4) is 0 Å². The van der Waals surface area contributed by atoms with E-state index in [1.807, 2.05) is 20.8 Å². The van der Waals surface area contributed by atoms with Crippen molar-refractivity contribution in [3.05, 3.63) is 0 Å². The van der Waals surface area contributed by atoms with Crippen molar-refractivity contribution in [1.29, 1.82) is 0 Å². The SMILES string of the molecule is COC1CCC(OC2CC(C)(C3CCC(C4OC(C)(O)C(C)CC4C)O3)OC2C2(C)CC(C)C3(OC(CC4OC(O)(C(C)C(=O)O)C(C)C(OC)C4C)CC(OC)C3C)O2)OC1C. The number of carbonyl (C=O) groups is 1. The van der Waals surface area contributed by atoms with E-state index in [1.165, 1.54) is 6.92 Å². The standard InChI is InChI=1S/C48H82O15/c1-24-19-25(2)46(11,51)61-40(24)34-15-17-38(57-34)44(9)23-37(58-39-18-16-33(53-12)31(8)56-39)42(62-44)45(10)22-26(3)48(63-45)28(5)36(54-13)21-32(59-48)20-35-27(4)41(55-14)29(6)47(52,60-35)30(7)43(49)50/h24-42,51-52H,15-23H2,1-14H3,(H,49,50). The first-order valence-electron chi connectivity index (χ1n) is 24.1. The zero-order chi connectivity index (χ0) is 46.2. The number of carboxylic acid groups (broad SMARTS) is 1. The minimum absolute atomic E-state index is 0.00844. The van der Waals surface area contributed by atoms with Crippen molar-refractivity contribution < 1.29 is 72.2 Å². The van der Waals surface area contributed by atoms with E-state index in [9.17, 15) is 20.1 Å². The highest BCUT2D eigenvalue weighted by Crippen LogP contribution is 2.58. The van der Waals surface area contributed by atoms with E-state index in [0.29, 0.717) is 32.1 Å². The molecule has 7 aliphatic rings. The molecule has 7 fully saturated rings. The molecule has 1 spiro atoms. The van der Waals surface area contributed by atoms with Gasteiger partial charge in [0.1, 0.15) is 12.0 Å². The predicted molar refractivity (Wildman–Crippen MR) is 229 cm³/mol. The van der Waals surface area contributed by atoms with Gasteiger partial charge in [0, 0.05) is 76.6 Å². The lowest BCUT2D eigenvalue weighted by Crippen LogP contribution is -2.63. The van der Waals surface area contributed by atoms with Crippen LogP contribution in [0.25, 0.3) is 0 Å². The number of ether oxygens (including phenoxy) is 11. The number of hydrogen-bond acceptors (Lipinski definition) is 14. The molecule has 364 valence electrons. The van der Waals surface area contributed by atoms with Crippen molar-refractivity contribution in [3.63, 3.8) is 0 Å². The molecule has 15 nitrogen and oxygen atoms in total. The van der Waals surface area contributed by atoms with Gasteiger partial charge in [0.15, 0.2) is 23.7 Å². The number of aliphatic hydroxyl groups is 2. The molecule has 0 amide bonds. The molecular formula is C48H82O15. The van der Waals surface area contributed by atoms with Crippen LogP contribution in [-0.2, 0) is 56.9 Å². The summed E-state index contributed by atoms with van der Waals surface area (Å²) in [4.78, 5) is 12.2. The maximum Gasteiger partial charge on any atom is 0.311 e. The zero-order valence-electron chi connectivity index (χ0n) is 40.6. The van der Waals surface area contributed by atoms with Crippen LogP contribution in [0.5, 0.6) is 0 Å². The molecule has 63 heavy (non-hydrogen) atoms. The second-order valence-corrected chi connectivity index (χ2v) is 21.7. The van der Waals surface area contributed by atoms with Gasteiger partial charge >= 0.3 is 5.97 Å². The largest absolute Gasteiger partial charge is 0.481 e. The number of carboxylic acids is 1. The molecule has 3 N–H and O–H groups in total. The molecule has 7 rings (SSSR count). The fourth-order valence-corrected chi connectivity index (χ4v) is 13.2. The van der Waals surface area contributed by atoms with E-state index in [2.05, 4.69) is 34.6 Å². The smallest absolute Gasteiger partial charge is 0.311 e. The number of methoxy groups -OCH3 is 3. The molecule has 15 heteroatoms. The Bertz CT molecular complexity index is 1580. The van der Waals surface area contributed by atoms with Crippen LogP contribution >= 0.6 is 0 Å². The lowest BCUT2D eigenvalue weighted by atomic mass is 9.74. The van der Waals surface area contributed by atoms with Crippen molar-refractivity contribution in [2.24, 2.45) is 41.4 Å². The van der Waals surface area contributed by atoms with Crippen molar-refractivity contribution >= 4 is 5.97 Å². The molecule has 0 aromatic heterocycles. The van der Waals surface area contributed by atoms with Crippen LogP contribution < -0.4 is 0 Å². The molecular weight excluding hydrogens is 817 g/mol. The summed E-state index contributed by atoms with van der Waals surface area (Å²) in [6, 6.07) is 0.